The number of hydrogen-bond acceptors (Lipinski definition) is 5. The lowest BCUT2D eigenvalue weighted by Crippen LogP contribution is -2.14. The summed E-state index contributed by atoms with van der Waals surface area (Å²) in [7, 11) is 0. The van der Waals surface area contributed by atoms with Crippen molar-refractivity contribution in [2.75, 3.05) is 11.1 Å². The summed E-state index contributed by atoms with van der Waals surface area (Å²) in [4.78, 5) is 24.2. The Morgan fingerprint density at radius 2 is 1.92 bits per heavy atom. The number of hydrogen-bond donors (Lipinski definition) is 1. The van der Waals surface area contributed by atoms with Gasteiger partial charge in [0.15, 0.2) is 0 Å². The molecule has 4 rings (SSSR count). The van der Waals surface area contributed by atoms with Crippen LogP contribution >= 0.6 is 23.1 Å². The third-order valence-corrected chi connectivity index (χ3v) is 6.65. The van der Waals surface area contributed by atoms with Crippen LogP contribution in [-0.4, -0.2) is 21.6 Å². The number of aromatic nitrogens is 2. The number of amides is 1. The zero-order chi connectivity index (χ0) is 18.3. The first-order chi connectivity index (χ1) is 12.5. The fourth-order valence-electron chi connectivity index (χ4n) is 3.55. The van der Waals surface area contributed by atoms with Crippen molar-refractivity contribution >= 4 is 44.9 Å². The van der Waals surface area contributed by atoms with E-state index < -0.39 is 0 Å². The molecule has 0 aliphatic heterocycles. The van der Waals surface area contributed by atoms with Gasteiger partial charge in [0.05, 0.1) is 5.75 Å². The number of carbonyl (C=O) groups is 1. The van der Waals surface area contributed by atoms with Crippen molar-refractivity contribution in [1.29, 1.82) is 0 Å². The molecule has 4 nitrogen and oxygen atoms in total. The topological polar surface area (TPSA) is 54.9 Å². The van der Waals surface area contributed by atoms with Crippen LogP contribution in [0.15, 0.2) is 23.2 Å². The highest BCUT2D eigenvalue weighted by Gasteiger charge is 2.22. The second-order valence-corrected chi connectivity index (χ2v) is 8.87. The molecule has 0 spiro atoms. The normalized spacial score (nSPS) is 13.2. The summed E-state index contributed by atoms with van der Waals surface area (Å²) in [6, 6.07) is 6.09. The molecular weight excluding hydrogens is 362 g/mol. The Balaban J connectivity index is 1.53. The number of anilines is 1. The molecule has 3 aromatic rings. The summed E-state index contributed by atoms with van der Waals surface area (Å²) >= 11 is 3.30. The van der Waals surface area contributed by atoms with Crippen molar-refractivity contribution in [3.63, 3.8) is 0 Å². The van der Waals surface area contributed by atoms with Gasteiger partial charge in [0.1, 0.15) is 15.7 Å². The first kappa shape index (κ1) is 17.5. The molecule has 134 valence electrons. The Labute approximate surface area is 161 Å². The molecule has 0 fully saturated rings. The van der Waals surface area contributed by atoms with E-state index in [0.29, 0.717) is 5.75 Å². The second-order valence-electron chi connectivity index (χ2n) is 6.83. The standard InChI is InChI=1S/C20H21N3OS2/c1-11-7-12(2)9-14(8-11)23-17(24)10-25-19-18-15-5-4-6-16(15)26-20(18)22-13(3)21-19/h7-9H,4-6,10H2,1-3H3,(H,23,24). The maximum atomic E-state index is 12.4. The van der Waals surface area contributed by atoms with Crippen molar-refractivity contribution in [2.45, 2.75) is 45.1 Å². The minimum Gasteiger partial charge on any atom is -0.325 e. The minimum atomic E-state index is -0.00343. The first-order valence-corrected chi connectivity index (χ1v) is 10.6. The van der Waals surface area contributed by atoms with E-state index in [4.69, 9.17) is 0 Å². The maximum Gasteiger partial charge on any atom is 0.234 e. The molecule has 1 aromatic carbocycles. The van der Waals surface area contributed by atoms with Crippen molar-refractivity contribution < 1.29 is 4.79 Å². The lowest BCUT2D eigenvalue weighted by molar-refractivity contribution is -0.113. The SMILES string of the molecule is Cc1cc(C)cc(NC(=O)CSc2nc(C)nc3sc4c(c23)CCC4)c1. The number of nitrogens with zero attached hydrogens (tertiary/aromatic N) is 2. The van der Waals surface area contributed by atoms with E-state index in [1.807, 2.05) is 32.9 Å². The monoisotopic (exact) mass is 383 g/mol. The van der Waals surface area contributed by atoms with Crippen LogP contribution in [0.25, 0.3) is 10.2 Å². The molecule has 2 aromatic heterocycles. The molecule has 6 heteroatoms. The molecule has 0 saturated carbocycles. The van der Waals surface area contributed by atoms with E-state index in [9.17, 15) is 4.79 Å². The van der Waals surface area contributed by atoms with E-state index in [2.05, 4.69) is 21.4 Å². The third kappa shape index (κ3) is 3.48. The molecular formula is C20H21N3OS2. The number of rotatable bonds is 4. The van der Waals surface area contributed by atoms with Crippen molar-refractivity contribution in [2.24, 2.45) is 0 Å². The molecule has 0 unspecified atom stereocenters. The van der Waals surface area contributed by atoms with Crippen LogP contribution in [0.1, 0.15) is 33.8 Å². The first-order valence-electron chi connectivity index (χ1n) is 8.79. The number of thioether (sulfide) groups is 1. The van der Waals surface area contributed by atoms with Crippen LogP contribution in [0.4, 0.5) is 5.69 Å². The zero-order valence-corrected chi connectivity index (χ0v) is 16.8. The molecule has 0 radical (unpaired) electrons. The summed E-state index contributed by atoms with van der Waals surface area (Å²) in [5.41, 5.74) is 4.56. The van der Waals surface area contributed by atoms with Crippen molar-refractivity contribution in [1.82, 2.24) is 9.97 Å². The summed E-state index contributed by atoms with van der Waals surface area (Å²) < 4.78 is 0. The zero-order valence-electron chi connectivity index (χ0n) is 15.2. The Morgan fingerprint density at radius 1 is 1.15 bits per heavy atom. The van der Waals surface area contributed by atoms with E-state index >= 15 is 0 Å². The largest absolute Gasteiger partial charge is 0.325 e. The van der Waals surface area contributed by atoms with Crippen LogP contribution in [0.2, 0.25) is 0 Å². The smallest absolute Gasteiger partial charge is 0.234 e. The van der Waals surface area contributed by atoms with Gasteiger partial charge in [-0.3, -0.25) is 4.79 Å². The molecule has 0 saturated heterocycles. The lowest BCUT2D eigenvalue weighted by atomic mass is 10.1. The molecule has 1 amide bonds. The Kier molecular flexibility index (Phi) is 4.71. The van der Waals surface area contributed by atoms with Crippen LogP contribution in [0, 0.1) is 20.8 Å². The second kappa shape index (κ2) is 7.00. The van der Waals surface area contributed by atoms with Gasteiger partial charge >= 0.3 is 0 Å². The molecule has 26 heavy (non-hydrogen) atoms. The predicted octanol–water partition coefficient (Wildman–Crippen LogP) is 4.84. The molecule has 0 bridgehead atoms. The van der Waals surface area contributed by atoms with Crippen LogP contribution in [0.5, 0.6) is 0 Å². The average Bonchev–Trinajstić information content (AvgIpc) is 3.11. The Bertz CT molecular complexity index is 990. The van der Waals surface area contributed by atoms with E-state index in [1.54, 1.807) is 11.3 Å². The predicted molar refractivity (Wildman–Crippen MR) is 109 cm³/mol. The molecule has 1 aliphatic carbocycles. The summed E-state index contributed by atoms with van der Waals surface area (Å²) in [6.07, 6.45) is 3.46. The van der Waals surface area contributed by atoms with Gasteiger partial charge in [-0.15, -0.1) is 11.3 Å². The number of nitrogens with one attached hydrogen (secondary N) is 1. The number of carbonyl (C=O) groups excluding carboxylic acids is 1. The fraction of sp³-hybridized carbons (Fsp3) is 0.350. The highest BCUT2D eigenvalue weighted by atomic mass is 32.2. The van der Waals surface area contributed by atoms with Gasteiger partial charge in [0.2, 0.25) is 5.91 Å². The van der Waals surface area contributed by atoms with Gasteiger partial charge in [-0.05, 0) is 68.9 Å². The Morgan fingerprint density at radius 3 is 2.69 bits per heavy atom. The summed E-state index contributed by atoms with van der Waals surface area (Å²) in [5, 5.41) is 5.13. The number of aryl methyl sites for hydroxylation is 5. The van der Waals surface area contributed by atoms with Gasteiger partial charge in [-0.25, -0.2) is 9.97 Å². The number of thiophene rings is 1. The van der Waals surface area contributed by atoms with Gasteiger partial charge in [-0.1, -0.05) is 17.8 Å². The van der Waals surface area contributed by atoms with E-state index in [-0.39, 0.29) is 5.91 Å². The molecule has 1 aliphatic rings. The van der Waals surface area contributed by atoms with E-state index in [1.165, 1.54) is 34.0 Å². The van der Waals surface area contributed by atoms with E-state index in [0.717, 1.165) is 45.3 Å². The van der Waals surface area contributed by atoms with Crippen LogP contribution < -0.4 is 5.32 Å². The Hall–Kier alpha value is -1.92. The van der Waals surface area contributed by atoms with Gasteiger partial charge < -0.3 is 5.32 Å². The van der Waals surface area contributed by atoms with Gasteiger partial charge in [0.25, 0.3) is 0 Å². The highest BCUT2D eigenvalue weighted by molar-refractivity contribution is 8.00. The average molecular weight is 384 g/mol. The van der Waals surface area contributed by atoms with Crippen LogP contribution in [0.3, 0.4) is 0 Å². The number of benzene rings is 1. The van der Waals surface area contributed by atoms with Gasteiger partial charge in [0, 0.05) is 16.0 Å². The van der Waals surface area contributed by atoms with Crippen molar-refractivity contribution in [3.8, 4) is 0 Å². The molecule has 0 atom stereocenters. The third-order valence-electron chi connectivity index (χ3n) is 4.49. The maximum absolute atomic E-state index is 12.4. The minimum absolute atomic E-state index is 0.00343. The molecule has 2 heterocycles. The number of fused-ring (bicyclic) bond motifs is 3. The van der Waals surface area contributed by atoms with Gasteiger partial charge in [-0.2, -0.15) is 0 Å². The fourth-order valence-corrected chi connectivity index (χ4v) is 5.82. The lowest BCUT2D eigenvalue weighted by Gasteiger charge is -2.08. The van der Waals surface area contributed by atoms with Crippen molar-refractivity contribution in [3.05, 3.63) is 45.6 Å². The quantitative estimate of drug-likeness (QED) is 0.517. The van der Waals surface area contributed by atoms with Crippen LogP contribution in [-0.2, 0) is 17.6 Å². The summed E-state index contributed by atoms with van der Waals surface area (Å²) in [6.45, 7) is 5.99. The highest BCUT2D eigenvalue weighted by Crippen LogP contribution is 2.40. The summed E-state index contributed by atoms with van der Waals surface area (Å²) in [5.74, 6) is 1.12. The molecule has 1 N–H and O–H groups in total.